The number of pyridine rings is 1. The van der Waals surface area contributed by atoms with Crippen LogP contribution in [-0.2, 0) is 13.1 Å². The van der Waals surface area contributed by atoms with E-state index >= 15 is 0 Å². The van der Waals surface area contributed by atoms with Gasteiger partial charge in [0.25, 0.3) is 0 Å². The van der Waals surface area contributed by atoms with Gasteiger partial charge < -0.3 is 15.6 Å². The zero-order chi connectivity index (χ0) is 19.9. The van der Waals surface area contributed by atoms with Gasteiger partial charge in [0, 0.05) is 37.8 Å². The van der Waals surface area contributed by atoms with Gasteiger partial charge in [0.05, 0.1) is 17.5 Å². The molecule has 3 heterocycles. The number of aromatic nitrogens is 3. The van der Waals surface area contributed by atoms with E-state index in [1.165, 1.54) is 24.3 Å². The number of aliphatic hydroxyl groups is 1. The van der Waals surface area contributed by atoms with E-state index in [1.807, 2.05) is 6.07 Å². The highest BCUT2D eigenvalue weighted by atomic mass is 19.4. The molecule has 0 atom stereocenters. The van der Waals surface area contributed by atoms with Gasteiger partial charge >= 0.3 is 6.36 Å². The lowest BCUT2D eigenvalue weighted by atomic mass is 10.1. The summed E-state index contributed by atoms with van der Waals surface area (Å²) < 4.78 is 42.5. The smallest absolute Gasteiger partial charge is 0.406 e. The fraction of sp³-hybridized carbons (Fsp3) is 0.333. The van der Waals surface area contributed by atoms with Crippen molar-refractivity contribution < 1.29 is 23.0 Å². The number of nitrogens with two attached hydrogens (primary N) is 1. The summed E-state index contributed by atoms with van der Waals surface area (Å²) in [5.41, 5.74) is 8.62. The number of β-amino-alcohol motifs (C(OH)–C–C–N with tert-alkyl or cyclic N) is 1. The molecule has 3 N–H and O–H groups in total. The average Bonchev–Trinajstić information content (AvgIpc) is 2.99. The van der Waals surface area contributed by atoms with E-state index in [4.69, 9.17) is 5.73 Å². The third-order valence-electron chi connectivity index (χ3n) is 4.57. The first-order valence-electron chi connectivity index (χ1n) is 8.66. The molecule has 0 radical (unpaired) electrons. The molecule has 0 bridgehead atoms. The first-order chi connectivity index (χ1) is 13.3. The molecule has 1 aromatic carbocycles. The highest BCUT2D eigenvalue weighted by Gasteiger charge is 2.31. The number of nitrogens with zero attached hydrogens (tertiary/aromatic N) is 4. The molecular weight excluding hydrogens is 375 g/mol. The fourth-order valence-corrected chi connectivity index (χ4v) is 3.34. The Balaban J connectivity index is 1.70. The van der Waals surface area contributed by atoms with Crippen molar-refractivity contribution in [2.45, 2.75) is 25.6 Å². The number of benzene rings is 1. The van der Waals surface area contributed by atoms with Gasteiger partial charge in [0.15, 0.2) is 5.65 Å². The monoisotopic (exact) mass is 393 g/mol. The molecule has 0 aliphatic carbocycles. The number of halogens is 3. The van der Waals surface area contributed by atoms with Gasteiger partial charge in [-0.25, -0.2) is 9.67 Å². The summed E-state index contributed by atoms with van der Waals surface area (Å²) in [6.45, 7) is 2.04. The van der Waals surface area contributed by atoms with E-state index in [9.17, 15) is 18.3 Å². The number of likely N-dealkylation sites (tertiary alicyclic amines) is 1. The number of rotatable bonds is 5. The minimum Gasteiger partial charge on any atom is -0.406 e. The molecule has 1 saturated heterocycles. The van der Waals surface area contributed by atoms with Crippen LogP contribution in [0.2, 0.25) is 0 Å². The number of aliphatic hydroxyl groups excluding tert-OH is 1. The van der Waals surface area contributed by atoms with Gasteiger partial charge in [0.1, 0.15) is 5.75 Å². The quantitative estimate of drug-likeness (QED) is 0.689. The van der Waals surface area contributed by atoms with Gasteiger partial charge in [-0.1, -0.05) is 0 Å². The van der Waals surface area contributed by atoms with Crippen LogP contribution in [-0.4, -0.2) is 50.3 Å². The Kier molecular flexibility index (Phi) is 4.69. The van der Waals surface area contributed by atoms with Gasteiger partial charge in [-0.15, -0.1) is 13.2 Å². The summed E-state index contributed by atoms with van der Waals surface area (Å²) in [5, 5.41) is 14.8. The first kappa shape index (κ1) is 18.7. The van der Waals surface area contributed by atoms with Gasteiger partial charge in [-0.3, -0.25) is 4.90 Å². The normalized spacial score (nSPS) is 15.8. The molecule has 7 nitrogen and oxygen atoms in total. The molecule has 4 rings (SSSR count). The van der Waals surface area contributed by atoms with Gasteiger partial charge in [0.2, 0.25) is 0 Å². The van der Waals surface area contributed by atoms with Crippen molar-refractivity contribution in [3.63, 3.8) is 0 Å². The number of fused-ring (bicyclic) bond motifs is 1. The summed E-state index contributed by atoms with van der Waals surface area (Å²) in [6, 6.07) is 7.30. The third-order valence-corrected chi connectivity index (χ3v) is 4.57. The predicted octanol–water partition coefficient (Wildman–Crippen LogP) is 1.95. The zero-order valence-electron chi connectivity index (χ0n) is 14.7. The molecule has 0 saturated carbocycles. The fourth-order valence-electron chi connectivity index (χ4n) is 3.34. The third kappa shape index (κ3) is 3.66. The van der Waals surface area contributed by atoms with E-state index in [0.29, 0.717) is 36.7 Å². The van der Waals surface area contributed by atoms with Crippen molar-refractivity contribution in [3.8, 4) is 11.4 Å². The molecule has 1 aliphatic rings. The van der Waals surface area contributed by atoms with Crippen molar-refractivity contribution in [3.05, 3.63) is 47.8 Å². The van der Waals surface area contributed by atoms with Crippen LogP contribution in [0.15, 0.2) is 36.5 Å². The second-order valence-corrected chi connectivity index (χ2v) is 6.62. The molecule has 0 spiro atoms. The lowest BCUT2D eigenvalue weighted by Crippen LogP contribution is -2.49. The van der Waals surface area contributed by atoms with Crippen LogP contribution in [0.5, 0.6) is 5.75 Å². The average molecular weight is 393 g/mol. The van der Waals surface area contributed by atoms with Gasteiger partial charge in [-0.05, 0) is 35.9 Å². The molecule has 1 aliphatic heterocycles. The summed E-state index contributed by atoms with van der Waals surface area (Å²) in [7, 11) is 0. The lowest BCUT2D eigenvalue weighted by molar-refractivity contribution is -0.274. The Bertz CT molecular complexity index is 981. The van der Waals surface area contributed by atoms with E-state index in [2.05, 4.69) is 19.7 Å². The van der Waals surface area contributed by atoms with E-state index in [0.717, 1.165) is 10.9 Å². The molecule has 148 valence electrons. The highest BCUT2D eigenvalue weighted by molar-refractivity contribution is 5.83. The Hall–Kier alpha value is -2.69. The van der Waals surface area contributed by atoms with Crippen molar-refractivity contribution in [1.82, 2.24) is 19.7 Å². The van der Waals surface area contributed by atoms with Crippen LogP contribution < -0.4 is 10.5 Å². The van der Waals surface area contributed by atoms with Crippen LogP contribution in [0, 0.1) is 0 Å². The molecule has 0 amide bonds. The number of ether oxygens (including phenoxy) is 1. The van der Waals surface area contributed by atoms with Crippen LogP contribution in [0.3, 0.4) is 0 Å². The molecule has 28 heavy (non-hydrogen) atoms. The second-order valence-electron chi connectivity index (χ2n) is 6.62. The maximum Gasteiger partial charge on any atom is 0.573 e. The lowest BCUT2D eigenvalue weighted by Gasteiger charge is -2.35. The minimum absolute atomic E-state index is 0.195. The van der Waals surface area contributed by atoms with Crippen molar-refractivity contribution in [1.29, 1.82) is 0 Å². The van der Waals surface area contributed by atoms with E-state index < -0.39 is 6.36 Å². The Morgan fingerprint density at radius 1 is 1.18 bits per heavy atom. The van der Waals surface area contributed by atoms with Crippen LogP contribution in [0.25, 0.3) is 16.7 Å². The summed E-state index contributed by atoms with van der Waals surface area (Å²) in [5.74, 6) is -0.309. The first-order valence-corrected chi connectivity index (χ1v) is 8.66. The Morgan fingerprint density at radius 2 is 1.89 bits per heavy atom. The molecule has 10 heteroatoms. The maximum atomic E-state index is 12.3. The topological polar surface area (TPSA) is 89.4 Å². The number of hydrogen-bond donors (Lipinski definition) is 2. The largest absolute Gasteiger partial charge is 0.573 e. The number of hydrogen-bond acceptors (Lipinski definition) is 6. The Labute approximate surface area is 158 Å². The van der Waals surface area contributed by atoms with Crippen molar-refractivity contribution in [2.24, 2.45) is 5.73 Å². The molecule has 0 unspecified atom stereocenters. The summed E-state index contributed by atoms with van der Waals surface area (Å²) in [6.07, 6.45) is -3.38. The van der Waals surface area contributed by atoms with Crippen LogP contribution in [0.4, 0.5) is 13.2 Å². The predicted molar refractivity (Wildman–Crippen MR) is 94.7 cm³/mol. The minimum atomic E-state index is -4.74. The maximum absolute atomic E-state index is 12.3. The molecule has 2 aromatic heterocycles. The molecular formula is C18H18F3N5O2. The summed E-state index contributed by atoms with van der Waals surface area (Å²) in [4.78, 5) is 6.50. The van der Waals surface area contributed by atoms with E-state index in [-0.39, 0.29) is 18.4 Å². The van der Waals surface area contributed by atoms with E-state index in [1.54, 1.807) is 10.9 Å². The SMILES string of the molecule is NCc1nn(-c2ccc(OC(F)(F)F)cc2)c2nccc(CN3CC(O)C3)c12. The molecule has 3 aromatic rings. The second kappa shape index (κ2) is 7.04. The van der Waals surface area contributed by atoms with Crippen LogP contribution in [0.1, 0.15) is 11.3 Å². The zero-order valence-corrected chi connectivity index (χ0v) is 14.7. The van der Waals surface area contributed by atoms with Crippen molar-refractivity contribution >= 4 is 11.0 Å². The van der Waals surface area contributed by atoms with Crippen molar-refractivity contribution in [2.75, 3.05) is 13.1 Å². The number of alkyl halides is 3. The molecule has 1 fully saturated rings. The van der Waals surface area contributed by atoms with Gasteiger partial charge in [-0.2, -0.15) is 5.10 Å². The summed E-state index contributed by atoms with van der Waals surface area (Å²) >= 11 is 0. The standard InChI is InChI=1S/C18H18F3N5O2/c19-18(20,21)28-14-3-1-12(2-4-14)26-17-16(15(7-22)24-26)11(5-6-23-17)8-25-9-13(27)10-25/h1-6,13,27H,7-10,22H2. The van der Waals surface area contributed by atoms with Crippen LogP contribution >= 0.6 is 0 Å². The Morgan fingerprint density at radius 3 is 2.50 bits per heavy atom. The highest BCUT2D eigenvalue weighted by Crippen LogP contribution is 2.28.